The molecule has 1 N–H and O–H groups in total. The SMILES string of the molecule is CC(=O)OC(O)CCOc1ccc2c(c1)CC[C@@H]1[C@@H]2CC[C@]2(C)CCC[C@@H]12. The molecule has 2 saturated carbocycles. The van der Waals surface area contributed by atoms with Crippen molar-refractivity contribution in [3.05, 3.63) is 29.3 Å². The topological polar surface area (TPSA) is 55.8 Å². The van der Waals surface area contributed by atoms with Crippen LogP contribution in [0.5, 0.6) is 5.75 Å². The van der Waals surface area contributed by atoms with Gasteiger partial charge in [-0.15, -0.1) is 0 Å². The summed E-state index contributed by atoms with van der Waals surface area (Å²) in [6.07, 6.45) is 8.64. The molecule has 5 atom stereocenters. The number of aryl methyl sites for hydroxylation is 1. The van der Waals surface area contributed by atoms with Crippen LogP contribution in [-0.2, 0) is 16.0 Å². The first kappa shape index (κ1) is 18.8. The van der Waals surface area contributed by atoms with E-state index in [4.69, 9.17) is 9.47 Å². The van der Waals surface area contributed by atoms with E-state index in [0.717, 1.165) is 29.9 Å². The highest BCUT2D eigenvalue weighted by Crippen LogP contribution is 2.60. The average molecular weight is 373 g/mol. The molecule has 2 fully saturated rings. The first-order valence-corrected chi connectivity index (χ1v) is 10.6. The summed E-state index contributed by atoms with van der Waals surface area (Å²) in [5, 5.41) is 9.59. The molecule has 4 rings (SSSR count). The summed E-state index contributed by atoms with van der Waals surface area (Å²) in [6.45, 7) is 4.16. The number of hydrogen-bond acceptors (Lipinski definition) is 4. The number of ether oxygens (including phenoxy) is 2. The van der Waals surface area contributed by atoms with Crippen LogP contribution >= 0.6 is 0 Å². The number of hydrogen-bond donors (Lipinski definition) is 1. The fraction of sp³-hybridized carbons (Fsp3) is 0.696. The van der Waals surface area contributed by atoms with Gasteiger partial charge in [-0.25, -0.2) is 0 Å². The molecule has 3 aliphatic rings. The van der Waals surface area contributed by atoms with Gasteiger partial charge >= 0.3 is 5.97 Å². The maximum Gasteiger partial charge on any atom is 0.304 e. The summed E-state index contributed by atoms with van der Waals surface area (Å²) in [6, 6.07) is 6.54. The third kappa shape index (κ3) is 3.73. The van der Waals surface area contributed by atoms with Crippen molar-refractivity contribution in [3.8, 4) is 5.75 Å². The molecule has 0 radical (unpaired) electrons. The zero-order valence-electron chi connectivity index (χ0n) is 16.6. The number of benzene rings is 1. The molecule has 148 valence electrons. The monoisotopic (exact) mass is 372 g/mol. The van der Waals surface area contributed by atoms with Crippen molar-refractivity contribution in [2.45, 2.75) is 77.4 Å². The second-order valence-electron chi connectivity index (χ2n) is 9.06. The number of esters is 1. The Kier molecular flexibility index (Phi) is 5.19. The lowest BCUT2D eigenvalue weighted by atomic mass is 9.56. The molecule has 0 spiro atoms. The van der Waals surface area contributed by atoms with E-state index in [1.54, 1.807) is 5.56 Å². The van der Waals surface area contributed by atoms with Gasteiger partial charge in [-0.1, -0.05) is 19.4 Å². The number of aliphatic hydroxyl groups excluding tert-OH is 1. The normalized spacial score (nSPS) is 32.8. The molecular formula is C23H32O4. The maximum absolute atomic E-state index is 10.8. The van der Waals surface area contributed by atoms with Crippen LogP contribution in [0, 0.1) is 17.3 Å². The quantitative estimate of drug-likeness (QED) is 0.607. The van der Waals surface area contributed by atoms with Crippen molar-refractivity contribution in [2.75, 3.05) is 6.61 Å². The Morgan fingerprint density at radius 3 is 2.96 bits per heavy atom. The third-order valence-electron chi connectivity index (χ3n) is 7.41. The Hall–Kier alpha value is -1.55. The molecule has 0 aliphatic heterocycles. The predicted molar refractivity (Wildman–Crippen MR) is 104 cm³/mol. The fourth-order valence-corrected chi connectivity index (χ4v) is 6.17. The molecule has 0 amide bonds. The minimum Gasteiger partial charge on any atom is -0.493 e. The number of aliphatic hydroxyl groups is 1. The van der Waals surface area contributed by atoms with Gasteiger partial charge in [0, 0.05) is 13.3 Å². The van der Waals surface area contributed by atoms with Gasteiger partial charge in [0.25, 0.3) is 0 Å². The molecule has 1 aromatic rings. The van der Waals surface area contributed by atoms with Crippen molar-refractivity contribution in [3.63, 3.8) is 0 Å². The molecule has 0 saturated heterocycles. The van der Waals surface area contributed by atoms with Crippen LogP contribution in [0.25, 0.3) is 0 Å². The standard InChI is InChI=1S/C23H32O4/c1-15(24)27-22(25)10-13-26-17-6-8-18-16(14-17)5-7-20-19(18)9-12-23(2)11-3-4-21(20)23/h6,8,14,19-22,25H,3-5,7,9-13H2,1-2H3/t19-,20-,21+,22?,23+/m1/s1. The van der Waals surface area contributed by atoms with Crippen LogP contribution < -0.4 is 4.74 Å². The van der Waals surface area contributed by atoms with Gasteiger partial charge in [-0.2, -0.15) is 0 Å². The Balaban J connectivity index is 1.40. The van der Waals surface area contributed by atoms with Crippen LogP contribution in [0.3, 0.4) is 0 Å². The first-order chi connectivity index (χ1) is 13.0. The molecule has 3 aliphatic carbocycles. The van der Waals surface area contributed by atoms with Crippen molar-refractivity contribution in [1.29, 1.82) is 0 Å². The van der Waals surface area contributed by atoms with Gasteiger partial charge in [-0.05, 0) is 85.0 Å². The minimum atomic E-state index is -1.09. The highest BCUT2D eigenvalue weighted by atomic mass is 16.6. The van der Waals surface area contributed by atoms with Crippen LogP contribution in [0.2, 0.25) is 0 Å². The van der Waals surface area contributed by atoms with Crippen molar-refractivity contribution in [2.24, 2.45) is 17.3 Å². The second kappa shape index (κ2) is 7.46. The summed E-state index contributed by atoms with van der Waals surface area (Å²) in [7, 11) is 0. The maximum atomic E-state index is 10.8. The molecule has 4 nitrogen and oxygen atoms in total. The summed E-state index contributed by atoms with van der Waals surface area (Å²) < 4.78 is 10.5. The van der Waals surface area contributed by atoms with Gasteiger partial charge in [0.05, 0.1) is 6.61 Å². The van der Waals surface area contributed by atoms with E-state index in [0.29, 0.717) is 12.0 Å². The van der Waals surface area contributed by atoms with Crippen molar-refractivity contribution < 1.29 is 19.4 Å². The highest BCUT2D eigenvalue weighted by molar-refractivity contribution is 5.66. The van der Waals surface area contributed by atoms with E-state index in [1.165, 1.54) is 51.0 Å². The van der Waals surface area contributed by atoms with E-state index < -0.39 is 12.3 Å². The number of rotatable bonds is 5. The molecule has 27 heavy (non-hydrogen) atoms. The molecule has 0 heterocycles. The molecule has 1 unspecified atom stereocenters. The molecule has 4 heteroatoms. The highest BCUT2D eigenvalue weighted by Gasteiger charge is 2.50. The fourth-order valence-electron chi connectivity index (χ4n) is 6.17. The number of fused-ring (bicyclic) bond motifs is 5. The summed E-state index contributed by atoms with van der Waals surface area (Å²) >= 11 is 0. The van der Waals surface area contributed by atoms with Crippen molar-refractivity contribution >= 4 is 5.97 Å². The average Bonchev–Trinajstić information content (AvgIpc) is 3.02. The number of carbonyl (C=O) groups excluding carboxylic acids is 1. The van der Waals surface area contributed by atoms with E-state index in [9.17, 15) is 9.90 Å². The zero-order chi connectivity index (χ0) is 19.0. The Bertz CT molecular complexity index is 700. The van der Waals surface area contributed by atoms with Crippen LogP contribution in [0.15, 0.2) is 18.2 Å². The Labute approximate surface area is 162 Å². The van der Waals surface area contributed by atoms with Gasteiger partial charge < -0.3 is 14.6 Å². The van der Waals surface area contributed by atoms with E-state index in [2.05, 4.69) is 25.1 Å². The van der Waals surface area contributed by atoms with Gasteiger partial charge in [0.1, 0.15) is 5.75 Å². The first-order valence-electron chi connectivity index (χ1n) is 10.6. The predicted octanol–water partition coefficient (Wildman–Crippen LogP) is 4.58. The lowest BCUT2D eigenvalue weighted by Gasteiger charge is -2.49. The molecule has 0 bridgehead atoms. The second-order valence-corrected chi connectivity index (χ2v) is 9.06. The van der Waals surface area contributed by atoms with Crippen LogP contribution in [0.1, 0.15) is 75.8 Å². The summed E-state index contributed by atoms with van der Waals surface area (Å²) in [5.41, 5.74) is 3.59. The van der Waals surface area contributed by atoms with E-state index >= 15 is 0 Å². The lowest BCUT2D eigenvalue weighted by Crippen LogP contribution is -2.39. The third-order valence-corrected chi connectivity index (χ3v) is 7.41. The summed E-state index contributed by atoms with van der Waals surface area (Å²) in [4.78, 5) is 10.8. The minimum absolute atomic E-state index is 0.279. The van der Waals surface area contributed by atoms with Crippen molar-refractivity contribution in [1.82, 2.24) is 0 Å². The lowest BCUT2D eigenvalue weighted by molar-refractivity contribution is -0.166. The van der Waals surface area contributed by atoms with Gasteiger partial charge in [-0.3, -0.25) is 4.79 Å². The van der Waals surface area contributed by atoms with Gasteiger partial charge in [0.2, 0.25) is 6.29 Å². The zero-order valence-corrected chi connectivity index (χ0v) is 16.6. The molecular weight excluding hydrogens is 340 g/mol. The largest absolute Gasteiger partial charge is 0.493 e. The van der Waals surface area contributed by atoms with Gasteiger partial charge in [0.15, 0.2) is 0 Å². The Morgan fingerprint density at radius 2 is 2.15 bits per heavy atom. The molecule has 1 aromatic carbocycles. The van der Waals surface area contributed by atoms with E-state index in [1.807, 2.05) is 0 Å². The van der Waals surface area contributed by atoms with E-state index in [-0.39, 0.29) is 6.42 Å². The van der Waals surface area contributed by atoms with Crippen LogP contribution in [-0.4, -0.2) is 24.0 Å². The smallest absolute Gasteiger partial charge is 0.304 e. The van der Waals surface area contributed by atoms with Crippen LogP contribution in [0.4, 0.5) is 0 Å². The number of carbonyl (C=O) groups is 1. The summed E-state index contributed by atoms with van der Waals surface area (Å²) in [5.74, 6) is 2.89. The molecule has 0 aromatic heterocycles. The Morgan fingerprint density at radius 1 is 1.30 bits per heavy atom.